The van der Waals surface area contributed by atoms with E-state index in [1.165, 1.54) is 33.3 Å². The molecule has 2 aromatic carbocycles. The lowest BCUT2D eigenvalue weighted by Crippen LogP contribution is -2.28. The number of aromatic nitrogens is 1. The van der Waals surface area contributed by atoms with Crippen molar-refractivity contribution in [3.63, 3.8) is 0 Å². The topological polar surface area (TPSA) is 36.1 Å². The first-order chi connectivity index (χ1) is 12.6. The normalized spacial score (nSPS) is 16.6. The average Bonchev–Trinajstić information content (AvgIpc) is 2.99. The zero-order valence-electron chi connectivity index (χ0n) is 15.3. The summed E-state index contributed by atoms with van der Waals surface area (Å²) in [5.74, 6) is 0. The van der Waals surface area contributed by atoms with Crippen LogP contribution in [0.5, 0.6) is 0 Å². The number of hydrogen-bond acceptors (Lipinski definition) is 2. The minimum absolute atomic E-state index is 0.893. The molecule has 1 aliphatic rings. The third kappa shape index (κ3) is 3.39. The Morgan fingerprint density at radius 1 is 1.12 bits per heavy atom. The molecular formula is C22H24N2OS. The Kier molecular flexibility index (Phi) is 4.79. The van der Waals surface area contributed by atoms with Gasteiger partial charge in [-0.05, 0) is 42.7 Å². The van der Waals surface area contributed by atoms with Crippen molar-refractivity contribution in [2.24, 2.45) is 0 Å². The molecule has 134 valence electrons. The molecule has 0 amide bonds. The quantitative estimate of drug-likeness (QED) is 0.740. The highest BCUT2D eigenvalue weighted by Crippen LogP contribution is 2.32. The van der Waals surface area contributed by atoms with Crippen molar-refractivity contribution in [2.45, 2.75) is 24.8 Å². The fourth-order valence-electron chi connectivity index (χ4n) is 3.82. The number of hydrogen-bond donors (Lipinski definition) is 1. The molecule has 1 aliphatic heterocycles. The molecule has 4 rings (SSSR count). The van der Waals surface area contributed by atoms with Crippen LogP contribution in [0.3, 0.4) is 0 Å². The second-order valence-corrected chi connectivity index (χ2v) is 8.36. The summed E-state index contributed by atoms with van der Waals surface area (Å²) in [4.78, 5) is 6.87. The van der Waals surface area contributed by atoms with Gasteiger partial charge in [0.25, 0.3) is 0 Å². The molecule has 26 heavy (non-hydrogen) atoms. The minimum Gasteiger partial charge on any atom is -0.358 e. The highest BCUT2D eigenvalue weighted by molar-refractivity contribution is 7.84. The van der Waals surface area contributed by atoms with Gasteiger partial charge < -0.3 is 4.98 Å². The Bertz CT molecular complexity index is 985. The Labute approximate surface area is 157 Å². The van der Waals surface area contributed by atoms with Crippen molar-refractivity contribution >= 4 is 27.3 Å². The highest BCUT2D eigenvalue weighted by Gasteiger charge is 2.17. The van der Waals surface area contributed by atoms with E-state index in [9.17, 15) is 4.21 Å². The van der Waals surface area contributed by atoms with Crippen LogP contribution in [0.25, 0.3) is 16.5 Å². The molecule has 4 heteroatoms. The maximum absolute atomic E-state index is 11.5. The van der Waals surface area contributed by atoms with Gasteiger partial charge in [-0.15, -0.1) is 0 Å². The van der Waals surface area contributed by atoms with Crippen LogP contribution < -0.4 is 0 Å². The van der Waals surface area contributed by atoms with Gasteiger partial charge in [0.15, 0.2) is 0 Å². The van der Waals surface area contributed by atoms with E-state index >= 15 is 0 Å². The molecule has 0 spiro atoms. The largest absolute Gasteiger partial charge is 0.358 e. The molecule has 0 saturated carbocycles. The summed E-state index contributed by atoms with van der Waals surface area (Å²) in [7, 11) is -0.906. The average molecular weight is 365 g/mol. The smallest absolute Gasteiger partial charge is 0.0498 e. The van der Waals surface area contributed by atoms with Crippen LogP contribution in [-0.2, 0) is 17.3 Å². The Hall–Kier alpha value is -2.17. The molecule has 3 aromatic rings. The molecular weight excluding hydrogens is 340 g/mol. The SMILES string of the molecule is Cc1[nH]c2ccccc2c1C1=CCN(Cc2ccc([S@](C)=O)cc2)CC1. The first-order valence-corrected chi connectivity index (χ1v) is 10.6. The van der Waals surface area contributed by atoms with Crippen molar-refractivity contribution in [2.75, 3.05) is 19.3 Å². The number of aryl methyl sites for hydroxylation is 1. The molecule has 0 radical (unpaired) electrons. The standard InChI is InChI=1S/C22H24N2OS/c1-16-22(20-5-3-4-6-21(20)23-16)18-11-13-24(14-12-18)15-17-7-9-19(10-8-17)26(2)25/h3-11,23H,12-15H2,1-2H3/t26-/m0/s1. The monoisotopic (exact) mass is 364 g/mol. The van der Waals surface area contributed by atoms with E-state index in [-0.39, 0.29) is 0 Å². The number of aromatic amines is 1. The Morgan fingerprint density at radius 2 is 1.88 bits per heavy atom. The van der Waals surface area contributed by atoms with Crippen molar-refractivity contribution in [1.82, 2.24) is 9.88 Å². The molecule has 3 nitrogen and oxygen atoms in total. The first kappa shape index (κ1) is 17.3. The second kappa shape index (κ2) is 7.22. The second-order valence-electron chi connectivity index (χ2n) is 6.98. The summed E-state index contributed by atoms with van der Waals surface area (Å²) in [5.41, 5.74) is 6.59. The lowest BCUT2D eigenvalue weighted by molar-refractivity contribution is 0.294. The fourth-order valence-corrected chi connectivity index (χ4v) is 4.34. The number of rotatable bonds is 4. The maximum Gasteiger partial charge on any atom is 0.0498 e. The number of nitrogens with zero attached hydrogens (tertiary/aromatic N) is 1. The van der Waals surface area contributed by atoms with Gasteiger partial charge in [0.1, 0.15) is 0 Å². The molecule has 1 atom stereocenters. The zero-order valence-corrected chi connectivity index (χ0v) is 16.1. The van der Waals surface area contributed by atoms with E-state index in [1.807, 2.05) is 12.1 Å². The number of nitrogens with one attached hydrogen (secondary N) is 1. The summed E-state index contributed by atoms with van der Waals surface area (Å²) in [5, 5.41) is 1.33. The molecule has 1 N–H and O–H groups in total. The molecule has 0 bridgehead atoms. The number of H-pyrrole nitrogens is 1. The van der Waals surface area contributed by atoms with Gasteiger partial charge in [-0.1, -0.05) is 36.4 Å². The van der Waals surface area contributed by atoms with Crippen LogP contribution in [0, 0.1) is 6.92 Å². The predicted octanol–water partition coefficient (Wildman–Crippen LogP) is 4.50. The third-order valence-corrected chi connectivity index (χ3v) is 6.11. The predicted molar refractivity (Wildman–Crippen MR) is 110 cm³/mol. The molecule has 0 aliphatic carbocycles. The van der Waals surface area contributed by atoms with Crippen LogP contribution in [0.1, 0.15) is 23.2 Å². The van der Waals surface area contributed by atoms with Crippen molar-refractivity contribution in [1.29, 1.82) is 0 Å². The highest BCUT2D eigenvalue weighted by atomic mass is 32.2. The summed E-state index contributed by atoms with van der Waals surface area (Å²) in [6.45, 7) is 5.14. The molecule has 0 saturated heterocycles. The van der Waals surface area contributed by atoms with E-state index in [0.717, 1.165) is 31.0 Å². The zero-order chi connectivity index (χ0) is 18.1. The van der Waals surface area contributed by atoms with Gasteiger partial charge >= 0.3 is 0 Å². The minimum atomic E-state index is -0.906. The number of benzene rings is 2. The Morgan fingerprint density at radius 3 is 2.58 bits per heavy atom. The summed E-state index contributed by atoms with van der Waals surface area (Å²) in [6, 6.07) is 16.7. The first-order valence-electron chi connectivity index (χ1n) is 9.03. The number of para-hydroxylation sites is 1. The molecule has 0 unspecified atom stereocenters. The van der Waals surface area contributed by atoms with E-state index < -0.39 is 10.8 Å². The van der Waals surface area contributed by atoms with Gasteiger partial charge in [-0.3, -0.25) is 9.11 Å². The van der Waals surface area contributed by atoms with Crippen LogP contribution in [0.4, 0.5) is 0 Å². The van der Waals surface area contributed by atoms with E-state index in [0.29, 0.717) is 0 Å². The molecule has 2 heterocycles. The van der Waals surface area contributed by atoms with Gasteiger partial charge in [0.05, 0.1) is 0 Å². The van der Waals surface area contributed by atoms with E-state index in [2.05, 4.69) is 59.3 Å². The summed E-state index contributed by atoms with van der Waals surface area (Å²) in [6.07, 6.45) is 5.17. The van der Waals surface area contributed by atoms with E-state index in [4.69, 9.17) is 0 Å². The van der Waals surface area contributed by atoms with Crippen LogP contribution in [0.2, 0.25) is 0 Å². The maximum atomic E-state index is 11.5. The van der Waals surface area contributed by atoms with Crippen molar-refractivity contribution < 1.29 is 4.21 Å². The van der Waals surface area contributed by atoms with Gasteiger partial charge in [-0.25, -0.2) is 0 Å². The van der Waals surface area contributed by atoms with Crippen molar-refractivity contribution in [3.8, 4) is 0 Å². The lowest BCUT2D eigenvalue weighted by Gasteiger charge is -2.26. The molecule has 1 aromatic heterocycles. The van der Waals surface area contributed by atoms with Crippen LogP contribution in [-0.4, -0.2) is 33.4 Å². The third-order valence-electron chi connectivity index (χ3n) is 5.17. The van der Waals surface area contributed by atoms with Gasteiger partial charge in [-0.2, -0.15) is 0 Å². The summed E-state index contributed by atoms with van der Waals surface area (Å²) < 4.78 is 11.5. The van der Waals surface area contributed by atoms with Crippen molar-refractivity contribution in [3.05, 3.63) is 71.4 Å². The van der Waals surface area contributed by atoms with Crippen LogP contribution in [0.15, 0.2) is 59.5 Å². The van der Waals surface area contributed by atoms with Gasteiger partial charge in [0.2, 0.25) is 0 Å². The van der Waals surface area contributed by atoms with Crippen LogP contribution >= 0.6 is 0 Å². The fraction of sp³-hybridized carbons (Fsp3) is 0.273. The number of fused-ring (bicyclic) bond motifs is 1. The molecule has 0 fully saturated rings. The Balaban J connectivity index is 1.49. The van der Waals surface area contributed by atoms with E-state index in [1.54, 1.807) is 6.26 Å². The van der Waals surface area contributed by atoms with Gasteiger partial charge in [0, 0.05) is 63.7 Å². The lowest BCUT2D eigenvalue weighted by atomic mass is 9.96. The summed E-state index contributed by atoms with van der Waals surface area (Å²) >= 11 is 0.